The molecule has 1 amide bonds. The number of anilines is 2. The number of rotatable bonds is 12. The van der Waals surface area contributed by atoms with Gasteiger partial charge in [-0.05, 0) is 76.1 Å². The van der Waals surface area contributed by atoms with Gasteiger partial charge in [0.15, 0.2) is 32.5 Å². The molecule has 254 valence electrons. The molecule has 0 saturated heterocycles. The molecule has 0 aliphatic rings. The van der Waals surface area contributed by atoms with E-state index in [0.717, 1.165) is 0 Å². The molecule has 0 saturated carbocycles. The van der Waals surface area contributed by atoms with Crippen LogP contribution < -0.4 is 15.4 Å². The highest BCUT2D eigenvalue weighted by Crippen LogP contribution is 2.39. The summed E-state index contributed by atoms with van der Waals surface area (Å²) >= 11 is 6.47. The van der Waals surface area contributed by atoms with E-state index >= 15 is 0 Å². The van der Waals surface area contributed by atoms with Crippen molar-refractivity contribution in [2.24, 2.45) is 0 Å². The van der Waals surface area contributed by atoms with Crippen molar-refractivity contribution in [2.75, 3.05) is 23.8 Å². The summed E-state index contributed by atoms with van der Waals surface area (Å²) in [5, 5.41) is 5.67. The Morgan fingerprint density at radius 2 is 1.36 bits per heavy atom. The van der Waals surface area contributed by atoms with E-state index in [1.54, 1.807) is 20.8 Å². The third-order valence-corrected chi connectivity index (χ3v) is 19.1. The Hall–Kier alpha value is -1.95. The molecule has 2 rings (SSSR count). The van der Waals surface area contributed by atoms with E-state index in [9.17, 15) is 13.2 Å². The summed E-state index contributed by atoms with van der Waals surface area (Å²) in [6.07, 6.45) is 1.43. The standard InChI is InChI=1S/C30H53ClN6O5SSi2/c1-27(2,3)37-43(39,40)23-17-15-16-21(33-23)35-26(38)24-25(31)34-22(18-32-24)36-30(10,19-41-44(11,12)28(4,5)6)20-42-45(13,14)29(7,8)9/h15-18,37H,19-20H2,1-14H3,(H,34,36)(H,33,35,38). The van der Waals surface area contributed by atoms with Gasteiger partial charge in [-0.25, -0.2) is 28.1 Å². The lowest BCUT2D eigenvalue weighted by atomic mass is 10.1. The Labute approximate surface area is 277 Å². The first-order valence-corrected chi connectivity index (χ1v) is 22.7. The normalized spacial score (nSPS) is 13.9. The topological polar surface area (TPSA) is 144 Å². The second kappa shape index (κ2) is 13.7. The number of amides is 1. The molecule has 0 spiro atoms. The molecule has 0 bridgehead atoms. The number of hydrogen-bond acceptors (Lipinski definition) is 9. The number of carbonyl (C=O) groups is 1. The summed E-state index contributed by atoms with van der Waals surface area (Å²) in [5.41, 5.74) is -1.52. The van der Waals surface area contributed by atoms with Crippen LogP contribution in [0.25, 0.3) is 0 Å². The Bertz CT molecular complexity index is 1440. The molecule has 0 radical (unpaired) electrons. The van der Waals surface area contributed by atoms with Crippen LogP contribution in [0.1, 0.15) is 79.7 Å². The quantitative estimate of drug-likeness (QED) is 0.198. The predicted octanol–water partition coefficient (Wildman–Crippen LogP) is 7.07. The van der Waals surface area contributed by atoms with Crippen LogP contribution in [-0.4, -0.2) is 70.2 Å². The molecule has 2 aromatic rings. The molecule has 2 aromatic heterocycles. The Morgan fingerprint density at radius 3 is 1.80 bits per heavy atom. The number of aromatic nitrogens is 3. The van der Waals surface area contributed by atoms with Gasteiger partial charge in [0.05, 0.1) is 24.9 Å². The average molecular weight is 701 g/mol. The average Bonchev–Trinajstić information content (AvgIpc) is 2.84. The molecule has 0 aliphatic carbocycles. The van der Waals surface area contributed by atoms with Crippen molar-refractivity contribution in [3.63, 3.8) is 0 Å². The summed E-state index contributed by atoms with van der Waals surface area (Å²) < 4.78 is 41.2. The van der Waals surface area contributed by atoms with Crippen molar-refractivity contribution in [3.05, 3.63) is 35.2 Å². The third kappa shape index (κ3) is 11.1. The molecular weight excluding hydrogens is 648 g/mol. The minimum absolute atomic E-state index is 0.0218. The summed E-state index contributed by atoms with van der Waals surface area (Å²) in [5.74, 6) is -0.304. The van der Waals surface area contributed by atoms with E-state index in [4.69, 9.17) is 20.5 Å². The molecular formula is C30H53ClN6O5SSi2. The van der Waals surface area contributed by atoms with E-state index in [0.29, 0.717) is 19.0 Å². The minimum Gasteiger partial charge on any atom is -0.414 e. The fraction of sp³-hybridized carbons (Fsp3) is 0.667. The van der Waals surface area contributed by atoms with E-state index in [1.807, 2.05) is 6.92 Å². The highest BCUT2D eigenvalue weighted by molar-refractivity contribution is 7.89. The maximum Gasteiger partial charge on any atom is 0.278 e. The molecule has 15 heteroatoms. The Morgan fingerprint density at radius 1 is 0.844 bits per heavy atom. The largest absolute Gasteiger partial charge is 0.414 e. The van der Waals surface area contributed by atoms with Gasteiger partial charge in [0.25, 0.3) is 15.9 Å². The molecule has 45 heavy (non-hydrogen) atoms. The SMILES string of the molecule is CC(C)(C)NS(=O)(=O)c1cccc(NC(=O)c2ncc(NC(C)(CO[Si](C)(C)C(C)(C)C)CO[Si](C)(C)C(C)(C)C)nc2Cl)n1. The summed E-state index contributed by atoms with van der Waals surface area (Å²) in [4.78, 5) is 25.9. The van der Waals surface area contributed by atoms with Crippen LogP contribution in [0.4, 0.5) is 11.6 Å². The van der Waals surface area contributed by atoms with Gasteiger partial charge in [0.1, 0.15) is 11.6 Å². The Balaban J connectivity index is 2.31. The molecule has 11 nitrogen and oxygen atoms in total. The van der Waals surface area contributed by atoms with Gasteiger partial charge < -0.3 is 19.5 Å². The first kappa shape index (κ1) is 39.2. The van der Waals surface area contributed by atoms with Crippen molar-refractivity contribution in [2.45, 2.75) is 122 Å². The summed E-state index contributed by atoms with van der Waals surface area (Å²) in [6, 6.07) is 4.30. The van der Waals surface area contributed by atoms with E-state index in [-0.39, 0.29) is 31.8 Å². The number of carbonyl (C=O) groups excluding carboxylic acids is 1. The molecule has 0 unspecified atom stereocenters. The second-order valence-corrected chi connectivity index (χ2v) is 27.5. The lowest BCUT2D eigenvalue weighted by Gasteiger charge is -2.43. The van der Waals surface area contributed by atoms with Gasteiger partial charge >= 0.3 is 0 Å². The van der Waals surface area contributed by atoms with Crippen LogP contribution in [-0.2, 0) is 18.9 Å². The van der Waals surface area contributed by atoms with Crippen LogP contribution in [0, 0.1) is 0 Å². The summed E-state index contributed by atoms with van der Waals surface area (Å²) in [7, 11) is -8.09. The first-order chi connectivity index (χ1) is 20.1. The second-order valence-electron chi connectivity index (χ2n) is 15.8. The number of halogens is 1. The maximum atomic E-state index is 13.1. The van der Waals surface area contributed by atoms with Crippen molar-refractivity contribution in [1.29, 1.82) is 0 Å². The monoisotopic (exact) mass is 700 g/mol. The van der Waals surface area contributed by atoms with Crippen molar-refractivity contribution < 1.29 is 22.1 Å². The Kier molecular flexibility index (Phi) is 11.9. The third-order valence-electron chi connectivity index (χ3n) is 8.17. The van der Waals surface area contributed by atoms with Crippen LogP contribution >= 0.6 is 11.6 Å². The maximum absolute atomic E-state index is 13.1. The number of nitrogens with zero attached hydrogens (tertiary/aromatic N) is 3. The number of sulfonamides is 1. The highest BCUT2D eigenvalue weighted by atomic mass is 35.5. The van der Waals surface area contributed by atoms with E-state index in [1.165, 1.54) is 24.4 Å². The van der Waals surface area contributed by atoms with Gasteiger partial charge in [0, 0.05) is 5.54 Å². The van der Waals surface area contributed by atoms with Crippen LogP contribution in [0.15, 0.2) is 29.4 Å². The fourth-order valence-electron chi connectivity index (χ4n) is 3.38. The molecule has 0 aliphatic heterocycles. The van der Waals surface area contributed by atoms with Gasteiger partial charge in [-0.2, -0.15) is 0 Å². The fourth-order valence-corrected chi connectivity index (χ4v) is 7.22. The van der Waals surface area contributed by atoms with Crippen LogP contribution in [0.3, 0.4) is 0 Å². The predicted molar refractivity (Wildman–Crippen MR) is 188 cm³/mol. The zero-order valence-corrected chi connectivity index (χ0v) is 33.0. The van der Waals surface area contributed by atoms with E-state index < -0.39 is 43.6 Å². The van der Waals surface area contributed by atoms with Gasteiger partial charge in [-0.1, -0.05) is 59.2 Å². The molecule has 2 heterocycles. The molecule has 0 atom stereocenters. The zero-order chi connectivity index (χ0) is 34.9. The summed E-state index contributed by atoms with van der Waals surface area (Å²) in [6.45, 7) is 29.9. The van der Waals surface area contributed by atoms with Crippen LogP contribution in [0.2, 0.25) is 41.4 Å². The van der Waals surface area contributed by atoms with Crippen molar-refractivity contribution in [1.82, 2.24) is 19.7 Å². The molecule has 0 aromatic carbocycles. The molecule has 0 fully saturated rings. The first-order valence-electron chi connectivity index (χ1n) is 15.0. The zero-order valence-electron chi connectivity index (χ0n) is 29.4. The number of nitrogens with one attached hydrogen (secondary N) is 3. The lowest BCUT2D eigenvalue weighted by Crippen LogP contribution is -2.53. The smallest absolute Gasteiger partial charge is 0.278 e. The van der Waals surface area contributed by atoms with Crippen molar-refractivity contribution >= 4 is 55.8 Å². The van der Waals surface area contributed by atoms with Crippen molar-refractivity contribution in [3.8, 4) is 0 Å². The van der Waals surface area contributed by atoms with Gasteiger partial charge in [-0.15, -0.1) is 0 Å². The number of pyridine rings is 1. The van der Waals surface area contributed by atoms with Crippen LogP contribution in [0.5, 0.6) is 0 Å². The lowest BCUT2D eigenvalue weighted by molar-refractivity contribution is 0.102. The number of hydrogen-bond donors (Lipinski definition) is 3. The van der Waals surface area contributed by atoms with Gasteiger partial charge in [-0.3, -0.25) is 4.79 Å². The molecule has 3 N–H and O–H groups in total. The van der Waals surface area contributed by atoms with Gasteiger partial charge in [0.2, 0.25) is 0 Å². The van der Waals surface area contributed by atoms with E-state index in [2.05, 4.69) is 98.0 Å². The minimum atomic E-state index is -3.91. The highest BCUT2D eigenvalue weighted by Gasteiger charge is 2.42.